The van der Waals surface area contributed by atoms with E-state index in [9.17, 15) is 9.18 Å². The van der Waals surface area contributed by atoms with Crippen LogP contribution in [0.1, 0.15) is 22.0 Å². The van der Waals surface area contributed by atoms with Crippen molar-refractivity contribution < 1.29 is 9.18 Å². The lowest BCUT2D eigenvalue weighted by Crippen LogP contribution is -2.24. The summed E-state index contributed by atoms with van der Waals surface area (Å²) in [6, 6.07) is 11.4. The van der Waals surface area contributed by atoms with Crippen LogP contribution in [-0.4, -0.2) is 20.7 Å². The molecule has 0 bridgehead atoms. The minimum atomic E-state index is -0.454. The van der Waals surface area contributed by atoms with Crippen molar-refractivity contribution in [2.75, 3.05) is 0 Å². The number of amides is 1. The van der Waals surface area contributed by atoms with Crippen LogP contribution >= 0.6 is 27.5 Å². The van der Waals surface area contributed by atoms with Crippen LogP contribution in [0, 0.1) is 12.7 Å². The molecule has 0 aliphatic heterocycles. The van der Waals surface area contributed by atoms with Crippen LogP contribution in [0.3, 0.4) is 0 Å². The fraction of sp³-hybridized carbons (Fsp3) is 0.118. The van der Waals surface area contributed by atoms with Crippen LogP contribution in [0.5, 0.6) is 0 Å². The molecule has 0 fully saturated rings. The lowest BCUT2D eigenvalue weighted by Gasteiger charge is -2.06. The van der Waals surface area contributed by atoms with E-state index in [0.717, 1.165) is 0 Å². The van der Waals surface area contributed by atoms with Gasteiger partial charge in [0.1, 0.15) is 11.6 Å². The highest BCUT2D eigenvalue weighted by Gasteiger charge is 2.16. The van der Waals surface area contributed by atoms with Gasteiger partial charge in [0.05, 0.1) is 10.7 Å². The molecule has 25 heavy (non-hydrogen) atoms. The molecule has 128 valence electrons. The predicted octanol–water partition coefficient (Wildman–Crippen LogP) is 4.06. The highest BCUT2D eigenvalue weighted by atomic mass is 79.9. The minimum absolute atomic E-state index is 0.0185. The summed E-state index contributed by atoms with van der Waals surface area (Å²) >= 11 is 9.49. The molecule has 0 unspecified atom stereocenters. The monoisotopic (exact) mass is 422 g/mol. The summed E-state index contributed by atoms with van der Waals surface area (Å²) in [5.74, 6) is -0.274. The molecule has 0 aliphatic carbocycles. The lowest BCUT2D eigenvalue weighted by atomic mass is 10.2. The molecule has 8 heteroatoms. The average molecular weight is 424 g/mol. The van der Waals surface area contributed by atoms with E-state index in [1.54, 1.807) is 25.1 Å². The summed E-state index contributed by atoms with van der Waals surface area (Å²) in [7, 11) is 0. The zero-order valence-electron chi connectivity index (χ0n) is 13.1. The van der Waals surface area contributed by atoms with Crippen molar-refractivity contribution >= 4 is 33.4 Å². The number of nitrogens with zero attached hydrogens (tertiary/aromatic N) is 3. The Morgan fingerprint density at radius 3 is 2.84 bits per heavy atom. The SMILES string of the molecule is Cc1nc(C(=O)NCc2cc(F)ccc2Br)nn1-c1ccccc1Cl. The number of benzene rings is 2. The molecule has 5 nitrogen and oxygen atoms in total. The normalized spacial score (nSPS) is 10.7. The van der Waals surface area contributed by atoms with Gasteiger partial charge in [-0.2, -0.15) is 0 Å². The number of rotatable bonds is 4. The fourth-order valence-corrected chi connectivity index (χ4v) is 2.87. The van der Waals surface area contributed by atoms with Crippen molar-refractivity contribution in [3.63, 3.8) is 0 Å². The predicted molar refractivity (Wildman–Crippen MR) is 96.4 cm³/mol. The molecule has 0 saturated carbocycles. The number of aryl methyl sites for hydroxylation is 1. The van der Waals surface area contributed by atoms with Gasteiger partial charge in [-0.1, -0.05) is 39.7 Å². The van der Waals surface area contributed by atoms with Gasteiger partial charge in [-0.3, -0.25) is 4.79 Å². The Kier molecular flexibility index (Phi) is 5.15. The first-order valence-corrected chi connectivity index (χ1v) is 8.53. The molecule has 3 aromatic rings. The summed E-state index contributed by atoms with van der Waals surface area (Å²) in [6.45, 7) is 1.88. The highest BCUT2D eigenvalue weighted by Crippen LogP contribution is 2.20. The van der Waals surface area contributed by atoms with Crippen molar-refractivity contribution in [1.29, 1.82) is 0 Å². The smallest absolute Gasteiger partial charge is 0.291 e. The topological polar surface area (TPSA) is 59.8 Å². The molecular formula is C17H13BrClFN4O. The van der Waals surface area contributed by atoms with E-state index in [1.165, 1.54) is 16.8 Å². The minimum Gasteiger partial charge on any atom is -0.345 e. The van der Waals surface area contributed by atoms with E-state index in [2.05, 4.69) is 31.3 Å². The quantitative estimate of drug-likeness (QED) is 0.688. The molecule has 0 radical (unpaired) electrons. The Bertz CT molecular complexity index is 944. The number of para-hydroxylation sites is 1. The van der Waals surface area contributed by atoms with E-state index in [0.29, 0.717) is 26.6 Å². The van der Waals surface area contributed by atoms with E-state index in [1.807, 2.05) is 12.1 Å². The summed E-state index contributed by atoms with van der Waals surface area (Å²) in [5.41, 5.74) is 1.26. The number of halogens is 3. The summed E-state index contributed by atoms with van der Waals surface area (Å²) in [6.07, 6.45) is 0. The number of carbonyl (C=O) groups is 1. The number of nitrogens with one attached hydrogen (secondary N) is 1. The molecule has 1 N–H and O–H groups in total. The van der Waals surface area contributed by atoms with Crippen molar-refractivity contribution in [2.24, 2.45) is 0 Å². The van der Waals surface area contributed by atoms with Crippen molar-refractivity contribution in [1.82, 2.24) is 20.1 Å². The van der Waals surface area contributed by atoms with Crippen LogP contribution in [-0.2, 0) is 6.54 Å². The number of hydrogen-bond acceptors (Lipinski definition) is 3. The van der Waals surface area contributed by atoms with Crippen LogP contribution in [0.15, 0.2) is 46.9 Å². The molecule has 3 rings (SSSR count). The van der Waals surface area contributed by atoms with E-state index < -0.39 is 5.91 Å². The molecule has 2 aromatic carbocycles. The molecule has 0 saturated heterocycles. The first-order valence-electron chi connectivity index (χ1n) is 7.36. The third kappa shape index (κ3) is 3.88. The van der Waals surface area contributed by atoms with E-state index in [4.69, 9.17) is 11.6 Å². The second-order valence-corrected chi connectivity index (χ2v) is 6.53. The van der Waals surface area contributed by atoms with Crippen molar-refractivity contribution in [2.45, 2.75) is 13.5 Å². The molecular weight excluding hydrogens is 411 g/mol. The average Bonchev–Trinajstić information content (AvgIpc) is 2.97. The van der Waals surface area contributed by atoms with Gasteiger partial charge in [-0.05, 0) is 42.8 Å². The maximum atomic E-state index is 13.3. The number of hydrogen-bond donors (Lipinski definition) is 1. The largest absolute Gasteiger partial charge is 0.345 e. The Balaban J connectivity index is 1.79. The van der Waals surface area contributed by atoms with Gasteiger partial charge in [-0.15, -0.1) is 5.10 Å². The van der Waals surface area contributed by atoms with Crippen LogP contribution in [0.25, 0.3) is 5.69 Å². The van der Waals surface area contributed by atoms with Crippen LogP contribution < -0.4 is 5.32 Å². The molecule has 0 atom stereocenters. The lowest BCUT2D eigenvalue weighted by molar-refractivity contribution is 0.0940. The van der Waals surface area contributed by atoms with Crippen LogP contribution in [0.4, 0.5) is 4.39 Å². The molecule has 1 amide bonds. The standard InChI is InChI=1S/C17H13BrClFN4O/c1-10-22-16(23-24(10)15-5-3-2-4-14(15)19)17(25)21-9-11-8-12(20)6-7-13(11)18/h2-8H,9H2,1H3,(H,21,25). The summed E-state index contributed by atoms with van der Waals surface area (Å²) in [4.78, 5) is 16.5. The molecule has 0 aliphatic rings. The van der Waals surface area contributed by atoms with Gasteiger partial charge < -0.3 is 5.32 Å². The first kappa shape index (κ1) is 17.6. The Morgan fingerprint density at radius 1 is 1.32 bits per heavy atom. The van der Waals surface area contributed by atoms with Gasteiger partial charge in [0.25, 0.3) is 5.91 Å². The third-order valence-electron chi connectivity index (χ3n) is 3.50. The van der Waals surface area contributed by atoms with E-state index >= 15 is 0 Å². The second-order valence-electron chi connectivity index (χ2n) is 5.26. The molecule has 1 aromatic heterocycles. The van der Waals surface area contributed by atoms with Crippen molar-refractivity contribution in [3.05, 3.63) is 75.0 Å². The first-order chi connectivity index (χ1) is 12.0. The summed E-state index contributed by atoms with van der Waals surface area (Å²) in [5, 5.41) is 7.41. The highest BCUT2D eigenvalue weighted by molar-refractivity contribution is 9.10. The number of carbonyl (C=O) groups excluding carboxylic acids is 1. The van der Waals surface area contributed by atoms with Gasteiger partial charge in [-0.25, -0.2) is 14.1 Å². The maximum absolute atomic E-state index is 13.3. The van der Waals surface area contributed by atoms with Gasteiger partial charge in [0.2, 0.25) is 5.82 Å². The zero-order valence-corrected chi connectivity index (χ0v) is 15.5. The van der Waals surface area contributed by atoms with Crippen molar-refractivity contribution in [3.8, 4) is 5.69 Å². The Labute approximate surface area is 157 Å². The number of aromatic nitrogens is 3. The van der Waals surface area contributed by atoms with Crippen LogP contribution in [0.2, 0.25) is 5.02 Å². The second kappa shape index (κ2) is 7.33. The third-order valence-corrected chi connectivity index (χ3v) is 4.59. The fourth-order valence-electron chi connectivity index (χ4n) is 2.27. The molecule has 1 heterocycles. The Hall–Kier alpha value is -2.25. The van der Waals surface area contributed by atoms with Gasteiger partial charge >= 0.3 is 0 Å². The zero-order chi connectivity index (χ0) is 18.0. The summed E-state index contributed by atoms with van der Waals surface area (Å²) < 4.78 is 15.5. The Morgan fingerprint density at radius 2 is 2.08 bits per heavy atom. The van der Waals surface area contributed by atoms with E-state index in [-0.39, 0.29) is 18.2 Å². The van der Waals surface area contributed by atoms with Gasteiger partial charge in [0, 0.05) is 11.0 Å². The molecule has 0 spiro atoms. The maximum Gasteiger partial charge on any atom is 0.291 e. The van der Waals surface area contributed by atoms with Gasteiger partial charge in [0.15, 0.2) is 0 Å².